The van der Waals surface area contributed by atoms with Gasteiger partial charge in [0, 0.05) is 40.0 Å². The Bertz CT molecular complexity index is 1260. The van der Waals surface area contributed by atoms with Crippen LogP contribution in [0.5, 0.6) is 0 Å². The number of benzene rings is 3. The number of halogens is 1. The van der Waals surface area contributed by atoms with Gasteiger partial charge in [0.2, 0.25) is 10.0 Å². The van der Waals surface area contributed by atoms with Crippen molar-refractivity contribution in [2.75, 3.05) is 31.6 Å². The number of nitrogens with one attached hydrogen (secondary N) is 1. The first-order valence-electron chi connectivity index (χ1n) is 10.8. The predicted molar refractivity (Wildman–Crippen MR) is 136 cm³/mol. The standard InChI is InChI=1S/C25H25ClN2O4S2/c1-18-2-9-22(16-24(18)34(30,31)28-12-14-32-15-13-28)27-25(29)20-5-3-19(4-6-20)17-33-23-10-7-21(26)8-11-23/h2-11,16H,12-15,17H2,1H3,(H,27,29). The zero-order valence-corrected chi connectivity index (χ0v) is 21.0. The molecule has 3 aromatic carbocycles. The Hall–Kier alpha value is -2.36. The van der Waals surface area contributed by atoms with E-state index in [-0.39, 0.29) is 10.8 Å². The van der Waals surface area contributed by atoms with Gasteiger partial charge in [0.15, 0.2) is 0 Å². The molecule has 1 heterocycles. The SMILES string of the molecule is Cc1ccc(NC(=O)c2ccc(CSc3ccc(Cl)cc3)cc2)cc1S(=O)(=O)N1CCOCC1. The molecule has 1 N–H and O–H groups in total. The van der Waals surface area contributed by atoms with Gasteiger partial charge in [0.1, 0.15) is 0 Å². The van der Waals surface area contributed by atoms with Crippen LogP contribution in [0.2, 0.25) is 5.02 Å². The van der Waals surface area contributed by atoms with Crippen molar-refractivity contribution >= 4 is 45.0 Å². The summed E-state index contributed by atoms with van der Waals surface area (Å²) >= 11 is 7.61. The molecule has 9 heteroatoms. The number of aryl methyl sites for hydroxylation is 1. The molecule has 0 spiro atoms. The number of hydrogen-bond donors (Lipinski definition) is 1. The van der Waals surface area contributed by atoms with E-state index in [1.807, 2.05) is 36.4 Å². The van der Waals surface area contributed by atoms with Crippen LogP contribution in [0.25, 0.3) is 0 Å². The van der Waals surface area contributed by atoms with Crippen LogP contribution in [-0.4, -0.2) is 44.9 Å². The van der Waals surface area contributed by atoms with Crippen LogP contribution in [0.4, 0.5) is 5.69 Å². The lowest BCUT2D eigenvalue weighted by atomic mass is 10.1. The van der Waals surface area contributed by atoms with E-state index >= 15 is 0 Å². The van der Waals surface area contributed by atoms with E-state index in [0.29, 0.717) is 48.1 Å². The van der Waals surface area contributed by atoms with Gasteiger partial charge in [-0.25, -0.2) is 8.42 Å². The molecule has 1 fully saturated rings. The van der Waals surface area contributed by atoms with Gasteiger partial charge in [0.25, 0.3) is 5.91 Å². The second-order valence-corrected chi connectivity index (χ2v) is 11.3. The van der Waals surface area contributed by atoms with Gasteiger partial charge in [-0.05, 0) is 66.6 Å². The number of hydrogen-bond acceptors (Lipinski definition) is 5. The molecular formula is C25H25ClN2O4S2. The fourth-order valence-electron chi connectivity index (χ4n) is 3.53. The highest BCUT2D eigenvalue weighted by atomic mass is 35.5. The summed E-state index contributed by atoms with van der Waals surface area (Å²) in [6.07, 6.45) is 0. The number of morpholine rings is 1. The number of sulfonamides is 1. The third-order valence-electron chi connectivity index (χ3n) is 5.47. The Kier molecular flexibility index (Phi) is 7.95. The van der Waals surface area contributed by atoms with Crippen LogP contribution in [0.15, 0.2) is 76.5 Å². The Morgan fingerprint density at radius 2 is 1.71 bits per heavy atom. The fraction of sp³-hybridized carbons (Fsp3) is 0.240. The zero-order valence-electron chi connectivity index (χ0n) is 18.7. The topological polar surface area (TPSA) is 75.7 Å². The number of carbonyl (C=O) groups is 1. The molecule has 1 aliphatic heterocycles. The van der Waals surface area contributed by atoms with Crippen LogP contribution in [0, 0.1) is 6.92 Å². The maximum Gasteiger partial charge on any atom is 0.255 e. The van der Waals surface area contributed by atoms with E-state index in [4.69, 9.17) is 16.3 Å². The highest BCUT2D eigenvalue weighted by Gasteiger charge is 2.28. The molecule has 0 unspecified atom stereocenters. The van der Waals surface area contributed by atoms with E-state index in [0.717, 1.165) is 16.2 Å². The molecule has 6 nitrogen and oxygen atoms in total. The molecule has 34 heavy (non-hydrogen) atoms. The molecule has 0 atom stereocenters. The van der Waals surface area contributed by atoms with Crippen molar-refractivity contribution in [3.05, 3.63) is 88.4 Å². The normalized spacial score (nSPS) is 14.6. The number of carbonyl (C=O) groups excluding carboxylic acids is 1. The smallest absolute Gasteiger partial charge is 0.255 e. The quantitative estimate of drug-likeness (QED) is 0.436. The Labute approximate surface area is 209 Å². The van der Waals surface area contributed by atoms with Crippen molar-refractivity contribution in [3.8, 4) is 0 Å². The molecule has 1 aliphatic rings. The van der Waals surface area contributed by atoms with Gasteiger partial charge < -0.3 is 10.1 Å². The maximum absolute atomic E-state index is 13.1. The third-order valence-corrected chi connectivity index (χ3v) is 8.84. The van der Waals surface area contributed by atoms with Crippen molar-refractivity contribution in [3.63, 3.8) is 0 Å². The van der Waals surface area contributed by atoms with E-state index < -0.39 is 10.0 Å². The van der Waals surface area contributed by atoms with Crippen LogP contribution in [0.1, 0.15) is 21.5 Å². The van der Waals surface area contributed by atoms with E-state index in [9.17, 15) is 13.2 Å². The summed E-state index contributed by atoms with van der Waals surface area (Å²) in [6.45, 7) is 3.15. The first-order valence-corrected chi connectivity index (χ1v) is 13.6. The molecule has 178 valence electrons. The Balaban J connectivity index is 1.42. The number of ether oxygens (including phenoxy) is 1. The molecule has 0 aliphatic carbocycles. The molecular weight excluding hydrogens is 492 g/mol. The van der Waals surface area contributed by atoms with Gasteiger partial charge in [-0.3, -0.25) is 4.79 Å². The molecule has 0 bridgehead atoms. The largest absolute Gasteiger partial charge is 0.379 e. The summed E-state index contributed by atoms with van der Waals surface area (Å²) in [4.78, 5) is 14.1. The first kappa shape index (κ1) is 24.8. The first-order chi connectivity index (χ1) is 16.3. The molecule has 1 amide bonds. The number of amides is 1. The second-order valence-electron chi connectivity index (χ2n) is 7.89. The summed E-state index contributed by atoms with van der Waals surface area (Å²) in [5, 5.41) is 3.53. The van der Waals surface area contributed by atoms with Gasteiger partial charge in [-0.1, -0.05) is 29.8 Å². The predicted octanol–water partition coefficient (Wildman–Crippen LogP) is 5.21. The van der Waals surface area contributed by atoms with Crippen LogP contribution < -0.4 is 5.32 Å². The van der Waals surface area contributed by atoms with Crippen LogP contribution >= 0.6 is 23.4 Å². The summed E-state index contributed by atoms with van der Waals surface area (Å²) in [6, 6.07) is 20.0. The van der Waals surface area contributed by atoms with Gasteiger partial charge >= 0.3 is 0 Å². The van der Waals surface area contributed by atoms with Crippen molar-refractivity contribution in [2.45, 2.75) is 22.5 Å². The van der Waals surface area contributed by atoms with E-state index in [1.165, 1.54) is 10.4 Å². The average Bonchev–Trinajstić information content (AvgIpc) is 2.85. The highest BCUT2D eigenvalue weighted by molar-refractivity contribution is 7.98. The Morgan fingerprint density at radius 3 is 2.38 bits per heavy atom. The minimum Gasteiger partial charge on any atom is -0.379 e. The molecule has 1 saturated heterocycles. The van der Waals surface area contributed by atoms with E-state index in [1.54, 1.807) is 43.0 Å². The molecule has 0 radical (unpaired) electrons. The van der Waals surface area contributed by atoms with Crippen molar-refractivity contribution < 1.29 is 17.9 Å². The second kappa shape index (κ2) is 10.9. The fourth-order valence-corrected chi connectivity index (χ4v) is 6.17. The molecule has 0 aromatic heterocycles. The number of nitrogens with zero attached hydrogens (tertiary/aromatic N) is 1. The summed E-state index contributed by atoms with van der Waals surface area (Å²) in [7, 11) is -3.66. The van der Waals surface area contributed by atoms with Crippen molar-refractivity contribution in [1.82, 2.24) is 4.31 Å². The molecule has 0 saturated carbocycles. The lowest BCUT2D eigenvalue weighted by molar-refractivity contribution is 0.0730. The van der Waals surface area contributed by atoms with Crippen LogP contribution in [0.3, 0.4) is 0 Å². The number of anilines is 1. The van der Waals surface area contributed by atoms with Gasteiger partial charge in [-0.2, -0.15) is 4.31 Å². The lowest BCUT2D eigenvalue weighted by Gasteiger charge is -2.26. The van der Waals surface area contributed by atoms with Gasteiger partial charge in [0.05, 0.1) is 18.1 Å². The third kappa shape index (κ3) is 6.00. The average molecular weight is 517 g/mol. The van der Waals surface area contributed by atoms with Gasteiger partial charge in [-0.15, -0.1) is 11.8 Å². The van der Waals surface area contributed by atoms with Crippen molar-refractivity contribution in [1.29, 1.82) is 0 Å². The summed E-state index contributed by atoms with van der Waals surface area (Å²) in [5.74, 6) is 0.472. The van der Waals surface area contributed by atoms with E-state index in [2.05, 4.69) is 5.32 Å². The highest BCUT2D eigenvalue weighted by Crippen LogP contribution is 2.26. The van der Waals surface area contributed by atoms with Crippen LogP contribution in [-0.2, 0) is 20.5 Å². The molecule has 4 rings (SSSR count). The Morgan fingerprint density at radius 1 is 1.03 bits per heavy atom. The zero-order chi connectivity index (χ0) is 24.1. The molecule has 3 aromatic rings. The number of thioether (sulfide) groups is 1. The monoisotopic (exact) mass is 516 g/mol. The summed E-state index contributed by atoms with van der Waals surface area (Å²) < 4.78 is 32.9. The minimum absolute atomic E-state index is 0.196. The van der Waals surface area contributed by atoms with Crippen molar-refractivity contribution in [2.24, 2.45) is 0 Å². The minimum atomic E-state index is -3.66. The number of rotatable bonds is 7. The lowest BCUT2D eigenvalue weighted by Crippen LogP contribution is -2.40. The summed E-state index contributed by atoms with van der Waals surface area (Å²) in [5.41, 5.74) is 2.65. The maximum atomic E-state index is 13.1.